The van der Waals surface area contributed by atoms with Crippen molar-refractivity contribution in [3.8, 4) is 5.75 Å². The normalized spacial score (nSPS) is 19.8. The Labute approximate surface area is 108 Å². The van der Waals surface area contributed by atoms with E-state index in [1.165, 1.54) is 0 Å². The lowest BCUT2D eigenvalue weighted by molar-refractivity contribution is 0.0926. The van der Waals surface area contributed by atoms with E-state index in [-0.39, 0.29) is 17.9 Å². The quantitative estimate of drug-likeness (QED) is 0.830. The average Bonchev–Trinajstić information content (AvgIpc) is 2.38. The molecule has 1 N–H and O–H groups in total. The fourth-order valence-corrected chi connectivity index (χ4v) is 2.17. The SMILES string of the molecule is CC(C)Oc1cncc(C(=O)C2CCCCN2)c1. The Bertz CT molecular complexity index is 412. The predicted molar refractivity (Wildman–Crippen MR) is 70.0 cm³/mol. The first-order chi connectivity index (χ1) is 8.66. The van der Waals surface area contributed by atoms with E-state index in [0.29, 0.717) is 11.3 Å². The van der Waals surface area contributed by atoms with E-state index in [9.17, 15) is 4.79 Å². The number of carbonyl (C=O) groups excluding carboxylic acids is 1. The van der Waals surface area contributed by atoms with E-state index in [1.807, 2.05) is 13.8 Å². The Hall–Kier alpha value is -1.42. The van der Waals surface area contributed by atoms with Crippen LogP contribution in [0.3, 0.4) is 0 Å². The Kier molecular flexibility index (Phi) is 4.31. The minimum Gasteiger partial charge on any atom is -0.489 e. The van der Waals surface area contributed by atoms with Gasteiger partial charge in [-0.1, -0.05) is 6.42 Å². The summed E-state index contributed by atoms with van der Waals surface area (Å²) in [6.45, 7) is 4.83. The molecule has 1 atom stereocenters. The Balaban J connectivity index is 2.09. The first-order valence-electron chi connectivity index (χ1n) is 6.56. The maximum absolute atomic E-state index is 12.3. The van der Waals surface area contributed by atoms with Crippen LogP contribution in [-0.4, -0.2) is 29.5 Å². The van der Waals surface area contributed by atoms with Crippen LogP contribution in [0.4, 0.5) is 0 Å². The zero-order chi connectivity index (χ0) is 13.0. The minimum absolute atomic E-state index is 0.0603. The molecule has 0 amide bonds. The van der Waals surface area contributed by atoms with Gasteiger partial charge in [0.05, 0.1) is 18.3 Å². The van der Waals surface area contributed by atoms with E-state index >= 15 is 0 Å². The van der Waals surface area contributed by atoms with Crippen molar-refractivity contribution in [2.75, 3.05) is 6.54 Å². The second-order valence-corrected chi connectivity index (χ2v) is 4.94. The van der Waals surface area contributed by atoms with Crippen molar-refractivity contribution < 1.29 is 9.53 Å². The Morgan fingerprint density at radius 3 is 2.94 bits per heavy atom. The summed E-state index contributed by atoms with van der Waals surface area (Å²) in [5.74, 6) is 0.781. The molecule has 1 aliphatic rings. The topological polar surface area (TPSA) is 51.2 Å². The zero-order valence-electron chi connectivity index (χ0n) is 11.0. The second kappa shape index (κ2) is 5.96. The van der Waals surface area contributed by atoms with Gasteiger partial charge >= 0.3 is 0 Å². The molecule has 0 bridgehead atoms. The van der Waals surface area contributed by atoms with Crippen molar-refractivity contribution in [2.24, 2.45) is 0 Å². The molecule has 1 aliphatic heterocycles. The summed E-state index contributed by atoms with van der Waals surface area (Å²) in [6, 6.07) is 1.72. The van der Waals surface area contributed by atoms with Gasteiger partial charge in [0, 0.05) is 11.8 Å². The Morgan fingerprint density at radius 2 is 2.28 bits per heavy atom. The molecule has 0 saturated carbocycles. The van der Waals surface area contributed by atoms with Crippen LogP contribution in [-0.2, 0) is 0 Å². The summed E-state index contributed by atoms with van der Waals surface area (Å²) in [4.78, 5) is 16.4. The summed E-state index contributed by atoms with van der Waals surface area (Å²) in [7, 11) is 0. The molecule has 18 heavy (non-hydrogen) atoms. The molecule has 4 nitrogen and oxygen atoms in total. The molecule has 0 aliphatic carbocycles. The van der Waals surface area contributed by atoms with Gasteiger partial charge in [-0.15, -0.1) is 0 Å². The third kappa shape index (κ3) is 3.29. The number of Topliss-reactive ketones (excluding diaryl/α,β-unsaturated/α-hetero) is 1. The lowest BCUT2D eigenvalue weighted by Gasteiger charge is -2.22. The van der Waals surface area contributed by atoms with Crippen LogP contribution < -0.4 is 10.1 Å². The summed E-state index contributed by atoms with van der Waals surface area (Å²) in [5.41, 5.74) is 0.632. The van der Waals surface area contributed by atoms with Gasteiger partial charge in [-0.3, -0.25) is 9.78 Å². The third-order valence-corrected chi connectivity index (χ3v) is 3.00. The number of hydrogen-bond donors (Lipinski definition) is 1. The van der Waals surface area contributed by atoms with Crippen LogP contribution in [0.1, 0.15) is 43.5 Å². The molecular weight excluding hydrogens is 228 g/mol. The highest BCUT2D eigenvalue weighted by Crippen LogP contribution is 2.17. The van der Waals surface area contributed by atoms with E-state index in [2.05, 4.69) is 10.3 Å². The number of rotatable bonds is 4. The number of piperidine rings is 1. The van der Waals surface area contributed by atoms with Crippen molar-refractivity contribution in [2.45, 2.75) is 45.3 Å². The average molecular weight is 248 g/mol. The molecule has 1 saturated heterocycles. The number of aromatic nitrogens is 1. The molecule has 1 fully saturated rings. The highest BCUT2D eigenvalue weighted by Gasteiger charge is 2.22. The lowest BCUT2D eigenvalue weighted by atomic mass is 9.97. The predicted octanol–water partition coefficient (Wildman–Crippen LogP) is 2.19. The van der Waals surface area contributed by atoms with Crippen LogP contribution in [0.25, 0.3) is 0 Å². The lowest BCUT2D eigenvalue weighted by Crippen LogP contribution is -2.40. The fourth-order valence-electron chi connectivity index (χ4n) is 2.17. The van der Waals surface area contributed by atoms with Gasteiger partial charge in [0.2, 0.25) is 0 Å². The molecule has 1 aromatic rings. The standard InChI is InChI=1S/C14H20N2O2/c1-10(2)18-12-7-11(8-15-9-12)14(17)13-5-3-4-6-16-13/h7-10,13,16H,3-6H2,1-2H3. The van der Waals surface area contributed by atoms with E-state index < -0.39 is 0 Å². The highest BCUT2D eigenvalue weighted by atomic mass is 16.5. The van der Waals surface area contributed by atoms with Crippen molar-refractivity contribution >= 4 is 5.78 Å². The number of ether oxygens (including phenoxy) is 1. The Morgan fingerprint density at radius 1 is 1.44 bits per heavy atom. The van der Waals surface area contributed by atoms with Crippen LogP contribution in [0.5, 0.6) is 5.75 Å². The van der Waals surface area contributed by atoms with Crippen LogP contribution in [0.2, 0.25) is 0 Å². The number of carbonyl (C=O) groups is 1. The first kappa shape index (κ1) is 13.0. The van der Waals surface area contributed by atoms with Crippen LogP contribution in [0, 0.1) is 0 Å². The van der Waals surface area contributed by atoms with E-state index in [0.717, 1.165) is 25.8 Å². The van der Waals surface area contributed by atoms with Gasteiger partial charge in [0.15, 0.2) is 5.78 Å². The van der Waals surface area contributed by atoms with Crippen molar-refractivity contribution in [3.63, 3.8) is 0 Å². The number of nitrogens with one attached hydrogen (secondary N) is 1. The van der Waals surface area contributed by atoms with Crippen LogP contribution >= 0.6 is 0 Å². The van der Waals surface area contributed by atoms with Gasteiger partial charge in [-0.25, -0.2) is 0 Å². The summed E-state index contributed by atoms with van der Waals surface area (Å²) in [6.07, 6.45) is 6.52. The number of pyridine rings is 1. The third-order valence-electron chi connectivity index (χ3n) is 3.00. The largest absolute Gasteiger partial charge is 0.489 e. The zero-order valence-corrected chi connectivity index (χ0v) is 11.0. The smallest absolute Gasteiger partial charge is 0.181 e. The monoisotopic (exact) mass is 248 g/mol. The maximum Gasteiger partial charge on any atom is 0.181 e. The molecule has 98 valence electrons. The van der Waals surface area contributed by atoms with Gasteiger partial charge < -0.3 is 10.1 Å². The highest BCUT2D eigenvalue weighted by molar-refractivity contribution is 6.00. The molecular formula is C14H20N2O2. The molecule has 0 radical (unpaired) electrons. The van der Waals surface area contributed by atoms with Gasteiger partial charge in [-0.2, -0.15) is 0 Å². The van der Waals surface area contributed by atoms with Gasteiger partial charge in [0.1, 0.15) is 5.75 Å². The first-order valence-corrected chi connectivity index (χ1v) is 6.56. The molecule has 0 aromatic carbocycles. The second-order valence-electron chi connectivity index (χ2n) is 4.94. The molecule has 2 rings (SSSR count). The van der Waals surface area contributed by atoms with Gasteiger partial charge in [-0.05, 0) is 39.3 Å². The summed E-state index contributed by atoms with van der Waals surface area (Å²) in [5, 5.41) is 3.26. The van der Waals surface area contributed by atoms with Crippen molar-refractivity contribution in [1.82, 2.24) is 10.3 Å². The van der Waals surface area contributed by atoms with Crippen molar-refractivity contribution in [1.29, 1.82) is 0 Å². The summed E-state index contributed by atoms with van der Waals surface area (Å²) < 4.78 is 5.56. The molecule has 1 unspecified atom stereocenters. The molecule has 2 heterocycles. The van der Waals surface area contributed by atoms with Crippen molar-refractivity contribution in [3.05, 3.63) is 24.0 Å². The molecule has 4 heteroatoms. The minimum atomic E-state index is -0.0603. The molecule has 0 spiro atoms. The number of ketones is 1. The number of nitrogens with zero attached hydrogens (tertiary/aromatic N) is 1. The van der Waals surface area contributed by atoms with Crippen LogP contribution in [0.15, 0.2) is 18.5 Å². The van der Waals surface area contributed by atoms with Gasteiger partial charge in [0.25, 0.3) is 0 Å². The summed E-state index contributed by atoms with van der Waals surface area (Å²) >= 11 is 0. The van der Waals surface area contributed by atoms with E-state index in [1.54, 1.807) is 18.5 Å². The molecule has 1 aromatic heterocycles. The van der Waals surface area contributed by atoms with E-state index in [4.69, 9.17) is 4.74 Å². The number of hydrogen-bond acceptors (Lipinski definition) is 4. The fraction of sp³-hybridized carbons (Fsp3) is 0.571. The maximum atomic E-state index is 12.3.